The van der Waals surface area contributed by atoms with Crippen LogP contribution in [0, 0.1) is 5.92 Å². The van der Waals surface area contributed by atoms with Gasteiger partial charge in [-0.25, -0.2) is 15.0 Å². The Kier molecular flexibility index (Phi) is 5.03. The Morgan fingerprint density at radius 1 is 1.19 bits per heavy atom. The van der Waals surface area contributed by atoms with Crippen molar-refractivity contribution in [3.05, 3.63) is 16.8 Å². The van der Waals surface area contributed by atoms with E-state index in [1.54, 1.807) is 23.1 Å². The van der Waals surface area contributed by atoms with E-state index in [2.05, 4.69) is 24.9 Å². The van der Waals surface area contributed by atoms with Gasteiger partial charge in [-0.1, -0.05) is 25.6 Å². The molecule has 4 N–H and O–H groups in total. The Balaban J connectivity index is 2.00. The summed E-state index contributed by atoms with van der Waals surface area (Å²) in [6.07, 6.45) is 6.62. The molecule has 0 bridgehead atoms. The van der Waals surface area contributed by atoms with Gasteiger partial charge in [0.15, 0.2) is 5.16 Å². The zero-order valence-electron chi connectivity index (χ0n) is 15.7. The summed E-state index contributed by atoms with van der Waals surface area (Å²) in [5.41, 5.74) is 9.30. The van der Waals surface area contributed by atoms with Crippen LogP contribution in [0.1, 0.15) is 37.1 Å². The van der Waals surface area contributed by atoms with Crippen LogP contribution in [-0.4, -0.2) is 34.3 Å². The Morgan fingerprint density at radius 2 is 2.00 bits per heavy atom. The highest BCUT2D eigenvalue weighted by Crippen LogP contribution is 2.42. The van der Waals surface area contributed by atoms with Crippen molar-refractivity contribution in [3.63, 3.8) is 0 Å². The van der Waals surface area contributed by atoms with Crippen LogP contribution in [0.5, 0.6) is 0 Å². The monoisotopic (exact) mass is 388 g/mol. The van der Waals surface area contributed by atoms with Crippen molar-refractivity contribution in [2.75, 3.05) is 24.7 Å². The van der Waals surface area contributed by atoms with E-state index in [-0.39, 0.29) is 0 Å². The average Bonchev–Trinajstić information content (AvgIpc) is 3.23. The number of aryl methyl sites for hydroxylation is 1. The molecule has 0 atom stereocenters. The van der Waals surface area contributed by atoms with Gasteiger partial charge in [-0.2, -0.15) is 0 Å². The molecular weight excluding hydrogens is 362 g/mol. The number of pyridine rings is 1. The minimum Gasteiger partial charge on any atom is -0.363 e. The highest BCUT2D eigenvalue weighted by Gasteiger charge is 2.25. The molecule has 0 fully saturated rings. The van der Waals surface area contributed by atoms with Crippen LogP contribution in [0.15, 0.2) is 5.16 Å². The molecule has 0 saturated carbocycles. The van der Waals surface area contributed by atoms with E-state index in [0.717, 1.165) is 58.4 Å². The van der Waals surface area contributed by atoms with Crippen LogP contribution in [0.3, 0.4) is 0 Å². The fourth-order valence-electron chi connectivity index (χ4n) is 3.80. The smallest absolute Gasteiger partial charge is 0.189 e. The second-order valence-corrected chi connectivity index (χ2v) is 9.04. The molecule has 3 aromatic heterocycles. The van der Waals surface area contributed by atoms with Crippen LogP contribution in [0.4, 0.5) is 5.82 Å². The molecule has 5 nitrogen and oxygen atoms in total. The van der Waals surface area contributed by atoms with Crippen molar-refractivity contribution in [2.45, 2.75) is 44.7 Å². The van der Waals surface area contributed by atoms with Crippen LogP contribution in [0.25, 0.3) is 20.4 Å². The first-order chi connectivity index (χ1) is 12.6. The van der Waals surface area contributed by atoms with E-state index < -0.39 is 0 Å². The van der Waals surface area contributed by atoms with Gasteiger partial charge < -0.3 is 11.1 Å². The van der Waals surface area contributed by atoms with Crippen LogP contribution < -0.4 is 11.1 Å². The first-order valence-electron chi connectivity index (χ1n) is 9.34. The number of aromatic nitrogens is 3. The van der Waals surface area contributed by atoms with Crippen LogP contribution in [-0.2, 0) is 19.3 Å². The zero-order chi connectivity index (χ0) is 18.3. The number of nitrogens with one attached hydrogen (secondary N) is 1. The molecule has 0 radical (unpaired) electrons. The molecule has 1 aliphatic rings. The molecule has 1 aliphatic carbocycles. The van der Waals surface area contributed by atoms with Gasteiger partial charge in [0.2, 0.25) is 0 Å². The molecule has 7 heteroatoms. The third-order valence-electron chi connectivity index (χ3n) is 4.85. The van der Waals surface area contributed by atoms with Crippen molar-refractivity contribution in [3.8, 4) is 0 Å². The second kappa shape index (κ2) is 7.29. The Hall–Kier alpha value is -1.44. The van der Waals surface area contributed by atoms with Gasteiger partial charge in [0.05, 0.1) is 23.3 Å². The Bertz CT molecular complexity index is 964. The van der Waals surface area contributed by atoms with E-state index in [1.807, 2.05) is 6.26 Å². The Labute approximate surface area is 162 Å². The third kappa shape index (κ3) is 3.06. The lowest BCUT2D eigenvalue weighted by Crippen LogP contribution is -2.53. The lowest BCUT2D eigenvalue weighted by molar-refractivity contribution is -0.362. The quantitative estimate of drug-likeness (QED) is 0.500. The van der Waals surface area contributed by atoms with Gasteiger partial charge in [-0.3, -0.25) is 0 Å². The van der Waals surface area contributed by atoms with Gasteiger partial charge >= 0.3 is 0 Å². The first kappa shape index (κ1) is 17.9. The predicted octanol–water partition coefficient (Wildman–Crippen LogP) is 3.30. The second-order valence-electron chi connectivity index (χ2n) is 7.27. The van der Waals surface area contributed by atoms with Crippen molar-refractivity contribution in [2.24, 2.45) is 5.92 Å². The van der Waals surface area contributed by atoms with Crippen LogP contribution in [0.2, 0.25) is 0 Å². The minimum atomic E-state index is 0.621. The van der Waals surface area contributed by atoms with Crippen molar-refractivity contribution < 1.29 is 5.73 Å². The molecule has 0 unspecified atom stereocenters. The summed E-state index contributed by atoms with van der Waals surface area (Å²) < 4.78 is 1.13. The number of anilines is 1. The molecule has 0 aliphatic heterocycles. The molecule has 138 valence electrons. The lowest BCUT2D eigenvalue weighted by atomic mass is 9.99. The van der Waals surface area contributed by atoms with E-state index >= 15 is 0 Å². The molecule has 3 heterocycles. The van der Waals surface area contributed by atoms with Gasteiger partial charge in [0.1, 0.15) is 10.6 Å². The zero-order valence-corrected chi connectivity index (χ0v) is 17.3. The number of fused-ring (bicyclic) bond motifs is 5. The molecule has 0 saturated heterocycles. The van der Waals surface area contributed by atoms with Gasteiger partial charge in [0, 0.05) is 11.1 Å². The maximum atomic E-state index is 5.10. The Morgan fingerprint density at radius 3 is 2.73 bits per heavy atom. The summed E-state index contributed by atoms with van der Waals surface area (Å²) in [6, 6.07) is 0. The van der Waals surface area contributed by atoms with E-state index in [4.69, 9.17) is 15.0 Å². The number of rotatable bonds is 6. The minimum absolute atomic E-state index is 0.621. The van der Waals surface area contributed by atoms with Gasteiger partial charge in [-0.15, -0.1) is 11.3 Å². The fourth-order valence-corrected chi connectivity index (χ4v) is 5.29. The van der Waals surface area contributed by atoms with Gasteiger partial charge in [0.25, 0.3) is 0 Å². The predicted molar refractivity (Wildman–Crippen MR) is 111 cm³/mol. The summed E-state index contributed by atoms with van der Waals surface area (Å²) in [7, 11) is 0. The van der Waals surface area contributed by atoms with Crippen molar-refractivity contribution >= 4 is 49.3 Å². The standard InChI is InChI=1S/C19H25N5S2/c1-10(2)9-13-11-5-4-6-12(11)14-15-16(26-18(14)22-13)17(21-8-7-20)24-19(23-15)25-3/h10H,4-9,20H2,1-3H3,(H,21,23,24)/p+1. The number of quaternary nitrogens is 1. The van der Waals surface area contributed by atoms with Crippen molar-refractivity contribution in [1.82, 2.24) is 15.0 Å². The maximum absolute atomic E-state index is 5.10. The molecule has 0 amide bonds. The summed E-state index contributed by atoms with van der Waals surface area (Å²) in [5.74, 6) is 1.55. The highest BCUT2D eigenvalue weighted by molar-refractivity contribution is 7.98. The number of thioether (sulfide) groups is 1. The number of hydrogen-bond acceptors (Lipinski definition) is 6. The molecule has 3 aromatic rings. The molecule has 0 spiro atoms. The van der Waals surface area contributed by atoms with E-state index in [9.17, 15) is 0 Å². The van der Waals surface area contributed by atoms with E-state index in [1.165, 1.54) is 28.6 Å². The van der Waals surface area contributed by atoms with Gasteiger partial charge in [-0.05, 0) is 49.0 Å². The van der Waals surface area contributed by atoms with Crippen LogP contribution >= 0.6 is 23.1 Å². The SMILES string of the molecule is CSc1nc(NCC[NH3+])c2sc3nc(CC(C)C)c4c(c3c2n1)CCC4. The highest BCUT2D eigenvalue weighted by atomic mass is 32.2. The largest absolute Gasteiger partial charge is 0.363 e. The molecule has 4 rings (SSSR count). The summed E-state index contributed by atoms with van der Waals surface area (Å²) in [4.78, 5) is 15.8. The van der Waals surface area contributed by atoms with Crippen molar-refractivity contribution in [1.29, 1.82) is 0 Å². The number of thiophene rings is 1. The third-order valence-corrected chi connectivity index (χ3v) is 6.48. The summed E-state index contributed by atoms with van der Waals surface area (Å²) in [6.45, 7) is 6.19. The summed E-state index contributed by atoms with van der Waals surface area (Å²) in [5, 5.41) is 5.54. The van der Waals surface area contributed by atoms with E-state index in [0.29, 0.717) is 5.92 Å². The lowest BCUT2D eigenvalue weighted by Gasteiger charge is -2.11. The molecule has 26 heavy (non-hydrogen) atoms. The normalized spacial score (nSPS) is 13.9. The molecular formula is C19H26N5S2+. The number of hydrogen-bond donors (Lipinski definition) is 2. The topological polar surface area (TPSA) is 78.3 Å². The first-order valence-corrected chi connectivity index (χ1v) is 11.4. The fraction of sp³-hybridized carbons (Fsp3) is 0.526. The maximum Gasteiger partial charge on any atom is 0.189 e. The summed E-state index contributed by atoms with van der Waals surface area (Å²) >= 11 is 3.33. The molecule has 0 aromatic carbocycles. The average molecular weight is 389 g/mol. The number of nitrogens with zero attached hydrogens (tertiary/aromatic N) is 3.